The molecule has 94 valence electrons. The van der Waals surface area contributed by atoms with Gasteiger partial charge in [0.25, 0.3) is 0 Å². The van der Waals surface area contributed by atoms with Crippen LogP contribution in [-0.4, -0.2) is 13.6 Å². The Kier molecular flexibility index (Phi) is 3.97. The fraction of sp³-hybridized carbons (Fsp3) is 0.294. The number of hydrogen-bond acceptors (Lipinski definition) is 0. The number of hydrogen-bond donors (Lipinski definition) is 0. The molecule has 0 saturated heterocycles. The Morgan fingerprint density at radius 2 is 1.17 bits per heavy atom. The van der Waals surface area contributed by atoms with Crippen LogP contribution in [0.4, 0.5) is 0 Å². The van der Waals surface area contributed by atoms with Crippen LogP contribution in [0.1, 0.15) is 18.1 Å². The van der Waals surface area contributed by atoms with E-state index in [1.165, 1.54) is 16.3 Å². The van der Waals surface area contributed by atoms with Gasteiger partial charge in [0.2, 0.25) is 0 Å². The van der Waals surface area contributed by atoms with Crippen molar-refractivity contribution < 1.29 is 0 Å². The van der Waals surface area contributed by atoms with Crippen molar-refractivity contribution in [2.75, 3.05) is 0 Å². The Hall–Kier alpha value is -1.00. The van der Waals surface area contributed by atoms with Gasteiger partial charge in [-0.05, 0) is 0 Å². The van der Waals surface area contributed by atoms with Crippen LogP contribution in [0.15, 0.2) is 48.5 Å². The van der Waals surface area contributed by atoms with Gasteiger partial charge < -0.3 is 0 Å². The van der Waals surface area contributed by atoms with E-state index in [0.717, 1.165) is 0 Å². The fourth-order valence-corrected chi connectivity index (χ4v) is 10.00. The van der Waals surface area contributed by atoms with Crippen LogP contribution in [0.3, 0.4) is 0 Å². The van der Waals surface area contributed by atoms with Gasteiger partial charge in [0.05, 0.1) is 0 Å². The Morgan fingerprint density at radius 1 is 0.778 bits per heavy atom. The molecule has 0 amide bonds. The average Bonchev–Trinajstić information content (AvgIpc) is 2.39. The zero-order valence-corrected chi connectivity index (χ0v) is 13.6. The van der Waals surface area contributed by atoms with Crippen LogP contribution >= 0.6 is 0 Å². The third kappa shape index (κ3) is 2.27. The van der Waals surface area contributed by atoms with E-state index in [0.29, 0.717) is 0 Å². The van der Waals surface area contributed by atoms with Gasteiger partial charge in [-0.2, -0.15) is 0 Å². The van der Waals surface area contributed by atoms with Crippen molar-refractivity contribution in [3.63, 3.8) is 0 Å². The quantitative estimate of drug-likeness (QED) is 0.761. The van der Waals surface area contributed by atoms with E-state index in [-0.39, 0.29) is 0 Å². The minimum atomic E-state index is -1.96. The van der Waals surface area contributed by atoms with Crippen LogP contribution in [0.25, 0.3) is 0 Å². The first kappa shape index (κ1) is 13.4. The molecule has 0 spiro atoms. The van der Waals surface area contributed by atoms with Gasteiger partial charge in [-0.15, -0.1) is 0 Å². The maximum absolute atomic E-state index is 2.53. The first-order valence-electron chi connectivity index (χ1n) is 6.57. The zero-order valence-electron chi connectivity index (χ0n) is 11.8. The van der Waals surface area contributed by atoms with Gasteiger partial charge in [0, 0.05) is 0 Å². The molecule has 0 unspecified atom stereocenters. The summed E-state index contributed by atoms with van der Waals surface area (Å²) >= 11 is -1.96. The van der Waals surface area contributed by atoms with Gasteiger partial charge >= 0.3 is 114 Å². The zero-order chi connectivity index (χ0) is 13.2. The molecular weight excluding hydrogens is 279 g/mol. The summed E-state index contributed by atoms with van der Waals surface area (Å²) in [7, 11) is 0. The van der Waals surface area contributed by atoms with Crippen molar-refractivity contribution in [3.8, 4) is 0 Å². The van der Waals surface area contributed by atoms with Crippen molar-refractivity contribution in [1.29, 1.82) is 0 Å². The van der Waals surface area contributed by atoms with E-state index in [1.807, 2.05) is 0 Å². The SMILES string of the molecule is CC[As+](C)(c1ccccc1C)c1ccccc1C. The summed E-state index contributed by atoms with van der Waals surface area (Å²) < 4.78 is 3.24. The predicted octanol–water partition coefficient (Wildman–Crippen LogP) is 3.52. The molecule has 0 atom stereocenters. The summed E-state index contributed by atoms with van der Waals surface area (Å²) in [6, 6.07) is 17.9. The first-order valence-corrected chi connectivity index (χ1v) is 11.7. The standard InChI is InChI=1S/C17H22As/c1-5-18(4,16-12-8-6-10-14(16)2)17-13-9-7-11-15(17)3/h6-13H,5H2,1-4H3/q+1. The second-order valence-corrected chi connectivity index (χ2v) is 13.4. The maximum atomic E-state index is 2.53. The van der Waals surface area contributed by atoms with Crippen molar-refractivity contribution in [2.45, 2.75) is 31.7 Å². The molecule has 2 rings (SSSR count). The summed E-state index contributed by atoms with van der Waals surface area (Å²) in [5.74, 6) is 0. The second kappa shape index (κ2) is 5.32. The van der Waals surface area contributed by atoms with Crippen LogP contribution in [0.2, 0.25) is 10.9 Å². The molecule has 0 fully saturated rings. The van der Waals surface area contributed by atoms with Crippen molar-refractivity contribution >= 4 is 22.3 Å². The van der Waals surface area contributed by atoms with Crippen molar-refractivity contribution in [2.24, 2.45) is 0 Å². The molecule has 0 radical (unpaired) electrons. The molecule has 0 aromatic heterocycles. The molecule has 0 aliphatic rings. The average molecular weight is 301 g/mol. The summed E-state index contributed by atoms with van der Waals surface area (Å²) in [4.78, 5) is 0. The molecule has 0 heterocycles. The molecule has 2 aromatic carbocycles. The molecule has 0 saturated carbocycles. The van der Waals surface area contributed by atoms with Gasteiger partial charge in [-0.1, -0.05) is 0 Å². The van der Waals surface area contributed by atoms with Crippen molar-refractivity contribution in [3.05, 3.63) is 59.7 Å². The summed E-state index contributed by atoms with van der Waals surface area (Å²) in [5.41, 5.74) is 5.44. The molecule has 0 aliphatic carbocycles. The topological polar surface area (TPSA) is 0 Å². The van der Waals surface area contributed by atoms with Gasteiger partial charge in [0.15, 0.2) is 0 Å². The van der Waals surface area contributed by atoms with Crippen LogP contribution < -0.4 is 8.70 Å². The number of rotatable bonds is 3. The fourth-order valence-electron chi connectivity index (χ4n) is 2.70. The summed E-state index contributed by atoms with van der Waals surface area (Å²) in [6.45, 7) is 6.86. The van der Waals surface area contributed by atoms with Gasteiger partial charge in [-0.25, -0.2) is 0 Å². The molecule has 0 nitrogen and oxygen atoms in total. The van der Waals surface area contributed by atoms with E-state index in [9.17, 15) is 0 Å². The molecule has 2 aromatic rings. The molecule has 0 aliphatic heterocycles. The summed E-state index contributed by atoms with van der Waals surface area (Å²) in [5, 5.41) is 1.29. The first-order chi connectivity index (χ1) is 8.59. The number of aryl methyl sites for hydroxylation is 2. The minimum absolute atomic E-state index is 1.29. The van der Waals surface area contributed by atoms with E-state index in [4.69, 9.17) is 0 Å². The van der Waals surface area contributed by atoms with E-state index in [2.05, 4.69) is 75.0 Å². The van der Waals surface area contributed by atoms with E-state index < -0.39 is 13.6 Å². The Labute approximate surface area is 114 Å². The van der Waals surface area contributed by atoms with Gasteiger partial charge in [-0.3, -0.25) is 0 Å². The predicted molar refractivity (Wildman–Crippen MR) is 83.7 cm³/mol. The second-order valence-electron chi connectivity index (χ2n) is 5.08. The monoisotopic (exact) mass is 301 g/mol. The van der Waals surface area contributed by atoms with Crippen LogP contribution in [0, 0.1) is 13.8 Å². The molecule has 0 bridgehead atoms. The van der Waals surface area contributed by atoms with Crippen LogP contribution in [-0.2, 0) is 0 Å². The van der Waals surface area contributed by atoms with E-state index in [1.54, 1.807) is 8.70 Å². The Morgan fingerprint density at radius 3 is 1.50 bits per heavy atom. The van der Waals surface area contributed by atoms with Gasteiger partial charge in [0.1, 0.15) is 0 Å². The number of benzene rings is 2. The molecule has 0 N–H and O–H groups in total. The molecule has 18 heavy (non-hydrogen) atoms. The normalized spacial score (nSPS) is 11.6. The van der Waals surface area contributed by atoms with Crippen molar-refractivity contribution in [1.82, 2.24) is 0 Å². The van der Waals surface area contributed by atoms with E-state index >= 15 is 0 Å². The van der Waals surface area contributed by atoms with Crippen LogP contribution in [0.5, 0.6) is 0 Å². The Balaban J connectivity index is 2.63. The molecular formula is C17H22As+. The third-order valence-corrected chi connectivity index (χ3v) is 13.1. The summed E-state index contributed by atoms with van der Waals surface area (Å²) in [6.07, 6.45) is 0. The third-order valence-electron chi connectivity index (χ3n) is 3.93. The molecule has 1 heteroatoms. The Bertz CT molecular complexity index is 497.